The van der Waals surface area contributed by atoms with E-state index in [9.17, 15) is 0 Å². The Morgan fingerprint density at radius 3 is 2.71 bits per heavy atom. The molecule has 2 aromatic rings. The van der Waals surface area contributed by atoms with Crippen LogP contribution < -0.4 is 5.32 Å². The molecule has 1 saturated heterocycles. The Hall–Kier alpha value is -2.66. The van der Waals surface area contributed by atoms with Crippen molar-refractivity contribution < 1.29 is 0 Å². The van der Waals surface area contributed by atoms with E-state index in [2.05, 4.69) is 77.0 Å². The van der Waals surface area contributed by atoms with Gasteiger partial charge in [-0.05, 0) is 68.6 Å². The molecule has 5 nitrogen and oxygen atoms in total. The van der Waals surface area contributed by atoms with Gasteiger partial charge in [0, 0.05) is 43.0 Å². The quantitative estimate of drug-likeness (QED) is 0.844. The average Bonchev–Trinajstić information content (AvgIpc) is 3.14. The highest BCUT2D eigenvalue weighted by molar-refractivity contribution is 5.98. The zero-order chi connectivity index (χ0) is 19.7. The molecule has 0 unspecified atom stereocenters. The Morgan fingerprint density at radius 1 is 1.21 bits per heavy atom. The summed E-state index contributed by atoms with van der Waals surface area (Å²) in [6.45, 7) is 8.60. The first-order valence-corrected chi connectivity index (χ1v) is 9.99. The van der Waals surface area contributed by atoms with Crippen LogP contribution in [0, 0.1) is 0 Å². The highest BCUT2D eigenvalue weighted by Crippen LogP contribution is 2.28. The molecule has 5 heteroatoms. The van der Waals surface area contributed by atoms with Gasteiger partial charge in [-0.2, -0.15) is 0 Å². The molecule has 28 heavy (non-hydrogen) atoms. The summed E-state index contributed by atoms with van der Waals surface area (Å²) in [5.74, 6) is 1.74. The fourth-order valence-corrected chi connectivity index (χ4v) is 3.98. The van der Waals surface area contributed by atoms with Crippen LogP contribution in [0.25, 0.3) is 16.3 Å². The van der Waals surface area contributed by atoms with Gasteiger partial charge in [0.05, 0.1) is 5.82 Å². The molecule has 146 valence electrons. The zero-order valence-corrected chi connectivity index (χ0v) is 17.1. The van der Waals surface area contributed by atoms with E-state index in [0.29, 0.717) is 6.04 Å². The van der Waals surface area contributed by atoms with Crippen molar-refractivity contribution in [2.75, 3.05) is 32.5 Å². The van der Waals surface area contributed by atoms with Crippen molar-refractivity contribution in [3.05, 3.63) is 54.6 Å². The Labute approximate surface area is 167 Å². The second-order valence-corrected chi connectivity index (χ2v) is 8.04. The second kappa shape index (κ2) is 7.76. The fourth-order valence-electron chi connectivity index (χ4n) is 3.98. The van der Waals surface area contributed by atoms with E-state index in [1.54, 1.807) is 0 Å². The maximum Gasteiger partial charge on any atom is 0.131 e. The van der Waals surface area contributed by atoms with E-state index in [0.717, 1.165) is 36.5 Å². The predicted molar refractivity (Wildman–Crippen MR) is 118 cm³/mol. The highest BCUT2D eigenvalue weighted by Gasteiger charge is 2.21. The lowest BCUT2D eigenvalue weighted by atomic mass is 10.0. The van der Waals surface area contributed by atoms with Gasteiger partial charge < -0.3 is 15.1 Å². The van der Waals surface area contributed by atoms with Gasteiger partial charge >= 0.3 is 0 Å². The molecule has 2 aliphatic rings. The molecule has 0 radical (unpaired) electrons. The maximum absolute atomic E-state index is 4.58. The molecule has 0 aliphatic carbocycles. The third kappa shape index (κ3) is 3.94. The standard InChI is InChI=1S/C23H29N5/c1-16-11-21(15-24-16)18-5-6-19-14-25-23(13-20(19)12-18)26-17(2)28(4)22-7-9-27(3)10-8-22/h5-6,12-15,22H,2,7-11H2,1,3-4H3,(H,25,26). The lowest BCUT2D eigenvalue weighted by Crippen LogP contribution is -2.42. The van der Waals surface area contributed by atoms with E-state index < -0.39 is 0 Å². The summed E-state index contributed by atoms with van der Waals surface area (Å²) in [5.41, 5.74) is 3.67. The predicted octanol–water partition coefficient (Wildman–Crippen LogP) is 4.35. The summed E-state index contributed by atoms with van der Waals surface area (Å²) in [4.78, 5) is 13.6. The number of anilines is 1. The maximum atomic E-state index is 4.58. The van der Waals surface area contributed by atoms with E-state index in [1.165, 1.54) is 35.1 Å². The minimum absolute atomic E-state index is 0.529. The van der Waals surface area contributed by atoms with Crippen LogP contribution in [-0.2, 0) is 0 Å². The SMILES string of the molecule is C=C(Nc1cc2cc(C3=CN=C(C)C3)ccc2cn1)N(C)C1CCN(C)CC1. The number of fused-ring (bicyclic) bond motifs is 1. The summed E-state index contributed by atoms with van der Waals surface area (Å²) < 4.78 is 0. The number of pyridine rings is 1. The lowest BCUT2D eigenvalue weighted by molar-refractivity contribution is 0.172. The summed E-state index contributed by atoms with van der Waals surface area (Å²) in [5, 5.41) is 5.72. The van der Waals surface area contributed by atoms with Crippen molar-refractivity contribution in [2.24, 2.45) is 4.99 Å². The highest BCUT2D eigenvalue weighted by atomic mass is 15.3. The number of aromatic nitrogens is 1. The van der Waals surface area contributed by atoms with E-state index in [1.807, 2.05) is 12.4 Å². The first-order valence-electron chi connectivity index (χ1n) is 9.99. The van der Waals surface area contributed by atoms with Crippen LogP contribution in [0.1, 0.15) is 31.7 Å². The first-order chi connectivity index (χ1) is 13.5. The number of nitrogens with zero attached hydrogens (tertiary/aromatic N) is 4. The van der Waals surface area contributed by atoms with E-state index in [-0.39, 0.29) is 0 Å². The van der Waals surface area contributed by atoms with Crippen LogP contribution in [0.4, 0.5) is 5.82 Å². The van der Waals surface area contributed by atoms with Crippen LogP contribution in [0.15, 0.2) is 54.1 Å². The van der Waals surface area contributed by atoms with Gasteiger partial charge in [-0.3, -0.25) is 4.99 Å². The smallest absolute Gasteiger partial charge is 0.131 e. The number of rotatable bonds is 5. The van der Waals surface area contributed by atoms with Gasteiger partial charge in [-0.15, -0.1) is 0 Å². The summed E-state index contributed by atoms with van der Waals surface area (Å²) in [6.07, 6.45) is 7.17. The summed E-state index contributed by atoms with van der Waals surface area (Å²) >= 11 is 0. The molecule has 1 aromatic carbocycles. The number of nitrogens with one attached hydrogen (secondary N) is 1. The third-order valence-corrected chi connectivity index (χ3v) is 5.91. The van der Waals surface area contributed by atoms with Gasteiger partial charge in [-0.1, -0.05) is 18.7 Å². The van der Waals surface area contributed by atoms with Crippen LogP contribution >= 0.6 is 0 Å². The van der Waals surface area contributed by atoms with Gasteiger partial charge in [-0.25, -0.2) is 4.98 Å². The molecule has 2 aliphatic heterocycles. The summed E-state index contributed by atoms with van der Waals surface area (Å²) in [6, 6.07) is 9.15. The molecule has 0 spiro atoms. The fraction of sp³-hybridized carbons (Fsp3) is 0.391. The molecular weight excluding hydrogens is 346 g/mol. The molecular formula is C23H29N5. The van der Waals surface area contributed by atoms with Crippen molar-refractivity contribution >= 4 is 27.9 Å². The lowest BCUT2D eigenvalue weighted by Gasteiger charge is -2.37. The Kier molecular flexibility index (Phi) is 5.18. The molecule has 3 heterocycles. The molecule has 1 N–H and O–H groups in total. The monoisotopic (exact) mass is 375 g/mol. The van der Waals surface area contributed by atoms with Gasteiger partial charge in [0.2, 0.25) is 0 Å². The normalized spacial score (nSPS) is 18.1. The molecule has 0 atom stereocenters. The van der Waals surface area contributed by atoms with Crippen LogP contribution in [0.5, 0.6) is 0 Å². The minimum atomic E-state index is 0.529. The van der Waals surface area contributed by atoms with Crippen molar-refractivity contribution in [3.63, 3.8) is 0 Å². The number of piperidine rings is 1. The van der Waals surface area contributed by atoms with Gasteiger partial charge in [0.15, 0.2) is 0 Å². The first kappa shape index (κ1) is 18.7. The minimum Gasteiger partial charge on any atom is -0.359 e. The van der Waals surface area contributed by atoms with Crippen LogP contribution in [0.3, 0.4) is 0 Å². The van der Waals surface area contributed by atoms with Crippen LogP contribution in [-0.4, -0.2) is 53.7 Å². The number of likely N-dealkylation sites (tertiary alicyclic amines) is 1. The van der Waals surface area contributed by atoms with Gasteiger partial charge in [0.1, 0.15) is 5.82 Å². The number of allylic oxidation sites excluding steroid dienone is 1. The van der Waals surface area contributed by atoms with Gasteiger partial charge in [0.25, 0.3) is 0 Å². The van der Waals surface area contributed by atoms with Crippen molar-refractivity contribution in [1.82, 2.24) is 14.8 Å². The number of benzene rings is 1. The Balaban J connectivity index is 1.48. The largest absolute Gasteiger partial charge is 0.359 e. The molecule has 0 bridgehead atoms. The average molecular weight is 376 g/mol. The van der Waals surface area contributed by atoms with Crippen molar-refractivity contribution in [2.45, 2.75) is 32.2 Å². The third-order valence-electron chi connectivity index (χ3n) is 5.91. The number of aliphatic imine (C=N–C) groups is 1. The Bertz CT molecular complexity index is 951. The number of hydrogen-bond acceptors (Lipinski definition) is 5. The van der Waals surface area contributed by atoms with E-state index >= 15 is 0 Å². The Morgan fingerprint density at radius 2 is 2.00 bits per heavy atom. The van der Waals surface area contributed by atoms with E-state index in [4.69, 9.17) is 0 Å². The molecule has 0 amide bonds. The molecule has 0 saturated carbocycles. The van der Waals surface area contributed by atoms with Crippen LogP contribution in [0.2, 0.25) is 0 Å². The second-order valence-electron chi connectivity index (χ2n) is 8.04. The zero-order valence-electron chi connectivity index (χ0n) is 17.1. The van der Waals surface area contributed by atoms with Crippen molar-refractivity contribution in [1.29, 1.82) is 0 Å². The van der Waals surface area contributed by atoms with Crippen molar-refractivity contribution in [3.8, 4) is 0 Å². The number of hydrogen-bond donors (Lipinski definition) is 1. The molecule has 1 aromatic heterocycles. The molecule has 1 fully saturated rings. The topological polar surface area (TPSA) is 43.8 Å². The molecule has 4 rings (SSSR count). The summed E-state index contributed by atoms with van der Waals surface area (Å²) in [7, 11) is 4.31.